The van der Waals surface area contributed by atoms with E-state index in [4.69, 9.17) is 0 Å². The Kier molecular flexibility index (Phi) is 4.36. The third-order valence-corrected chi connectivity index (χ3v) is 3.85. The molecular weight excluding hydrogens is 202 g/mol. The first-order valence-corrected chi connectivity index (χ1v) is 6.38. The van der Waals surface area contributed by atoms with Gasteiger partial charge in [0, 0.05) is 6.04 Å². The maximum Gasteiger partial charge on any atom is 0.323 e. The Morgan fingerprint density at radius 3 is 2.50 bits per heavy atom. The summed E-state index contributed by atoms with van der Waals surface area (Å²) in [5.74, 6) is 0.0301. The molecule has 0 aliphatic carbocycles. The average molecular weight is 227 g/mol. The minimum absolute atomic E-state index is 0.381. The molecule has 2 unspecified atom stereocenters. The summed E-state index contributed by atoms with van der Waals surface area (Å²) < 4.78 is 0. The summed E-state index contributed by atoms with van der Waals surface area (Å²) >= 11 is 0. The van der Waals surface area contributed by atoms with Crippen molar-refractivity contribution in [3.05, 3.63) is 0 Å². The molecule has 0 aromatic carbocycles. The van der Waals surface area contributed by atoms with E-state index >= 15 is 0 Å². The van der Waals surface area contributed by atoms with Crippen LogP contribution in [0.3, 0.4) is 0 Å². The molecule has 1 saturated heterocycles. The van der Waals surface area contributed by atoms with Crippen molar-refractivity contribution in [1.29, 1.82) is 0 Å². The molecule has 0 radical (unpaired) electrons. The lowest BCUT2D eigenvalue weighted by Crippen LogP contribution is -2.51. The van der Waals surface area contributed by atoms with Gasteiger partial charge < -0.3 is 5.11 Å². The Bertz CT molecular complexity index is 252. The number of hydrogen-bond donors (Lipinski definition) is 1. The first kappa shape index (κ1) is 13.5. The fourth-order valence-electron chi connectivity index (χ4n) is 2.65. The minimum atomic E-state index is -0.665. The van der Waals surface area contributed by atoms with Crippen LogP contribution in [0.1, 0.15) is 53.4 Å². The highest BCUT2D eigenvalue weighted by Gasteiger charge is 2.44. The van der Waals surface area contributed by atoms with Crippen molar-refractivity contribution >= 4 is 5.97 Å². The van der Waals surface area contributed by atoms with E-state index in [-0.39, 0.29) is 0 Å². The number of carboxylic acid groups (broad SMARTS) is 1. The lowest BCUT2D eigenvalue weighted by atomic mass is 9.96. The zero-order chi connectivity index (χ0) is 12.3. The van der Waals surface area contributed by atoms with Crippen LogP contribution >= 0.6 is 0 Å². The predicted octanol–water partition coefficient (Wildman–Crippen LogP) is 2.75. The van der Waals surface area contributed by atoms with Gasteiger partial charge in [-0.3, -0.25) is 9.69 Å². The summed E-state index contributed by atoms with van der Waals surface area (Å²) in [6.45, 7) is 9.39. The lowest BCUT2D eigenvalue weighted by Gasteiger charge is -2.36. The summed E-state index contributed by atoms with van der Waals surface area (Å²) in [6.07, 6.45) is 4.07. The van der Waals surface area contributed by atoms with Crippen molar-refractivity contribution in [1.82, 2.24) is 4.90 Å². The Morgan fingerprint density at radius 1 is 1.38 bits per heavy atom. The van der Waals surface area contributed by atoms with Crippen molar-refractivity contribution in [3.63, 3.8) is 0 Å². The zero-order valence-electron chi connectivity index (χ0n) is 11.0. The third-order valence-electron chi connectivity index (χ3n) is 3.85. The second-order valence-corrected chi connectivity index (χ2v) is 5.70. The van der Waals surface area contributed by atoms with Crippen LogP contribution in [0.4, 0.5) is 0 Å². The van der Waals surface area contributed by atoms with Gasteiger partial charge in [-0.05, 0) is 52.0 Å². The second kappa shape index (κ2) is 5.17. The standard InChI is InChI=1S/C13H25NO2/c1-10(2)6-7-11(3)14-9-5-8-13(14,4)12(15)16/h10-11H,5-9H2,1-4H3,(H,15,16). The fraction of sp³-hybridized carbons (Fsp3) is 0.923. The van der Waals surface area contributed by atoms with Crippen LogP contribution in [0, 0.1) is 5.92 Å². The van der Waals surface area contributed by atoms with Crippen LogP contribution in [0.25, 0.3) is 0 Å². The van der Waals surface area contributed by atoms with Crippen molar-refractivity contribution in [3.8, 4) is 0 Å². The number of aliphatic carboxylic acids is 1. The highest BCUT2D eigenvalue weighted by molar-refractivity contribution is 5.78. The van der Waals surface area contributed by atoms with Gasteiger partial charge in [0.2, 0.25) is 0 Å². The maximum absolute atomic E-state index is 11.3. The van der Waals surface area contributed by atoms with E-state index in [9.17, 15) is 9.90 Å². The molecule has 1 N–H and O–H groups in total. The fourth-order valence-corrected chi connectivity index (χ4v) is 2.65. The van der Waals surface area contributed by atoms with Crippen LogP contribution < -0.4 is 0 Å². The molecule has 3 heteroatoms. The zero-order valence-corrected chi connectivity index (χ0v) is 11.0. The van der Waals surface area contributed by atoms with Crippen molar-refractivity contribution in [2.45, 2.75) is 65.0 Å². The Morgan fingerprint density at radius 2 is 2.00 bits per heavy atom. The molecule has 3 nitrogen and oxygen atoms in total. The number of hydrogen-bond acceptors (Lipinski definition) is 2. The van der Waals surface area contributed by atoms with E-state index in [1.807, 2.05) is 6.92 Å². The molecular formula is C13H25NO2. The summed E-state index contributed by atoms with van der Waals surface area (Å²) in [5, 5.41) is 9.33. The summed E-state index contributed by atoms with van der Waals surface area (Å²) in [4.78, 5) is 13.5. The summed E-state index contributed by atoms with van der Waals surface area (Å²) in [6, 6.07) is 0.381. The van der Waals surface area contributed by atoms with Gasteiger partial charge in [-0.2, -0.15) is 0 Å². The number of carbonyl (C=O) groups is 1. The van der Waals surface area contributed by atoms with Gasteiger partial charge in [0.1, 0.15) is 5.54 Å². The van der Waals surface area contributed by atoms with Gasteiger partial charge in [-0.25, -0.2) is 0 Å². The van der Waals surface area contributed by atoms with Crippen LogP contribution in [0.2, 0.25) is 0 Å². The van der Waals surface area contributed by atoms with Gasteiger partial charge in [0.05, 0.1) is 0 Å². The Balaban J connectivity index is 2.61. The van der Waals surface area contributed by atoms with Crippen molar-refractivity contribution in [2.75, 3.05) is 6.54 Å². The van der Waals surface area contributed by atoms with E-state index in [1.165, 1.54) is 6.42 Å². The molecule has 1 aliphatic heterocycles. The molecule has 0 spiro atoms. The average Bonchev–Trinajstić information content (AvgIpc) is 2.58. The molecule has 0 aromatic heterocycles. The van der Waals surface area contributed by atoms with Crippen LogP contribution in [-0.4, -0.2) is 34.1 Å². The van der Waals surface area contributed by atoms with E-state index in [0.717, 1.165) is 25.8 Å². The molecule has 1 aliphatic rings. The molecule has 1 fully saturated rings. The molecule has 16 heavy (non-hydrogen) atoms. The molecule has 1 rings (SSSR count). The molecule has 0 saturated carbocycles. The van der Waals surface area contributed by atoms with Crippen LogP contribution in [0.15, 0.2) is 0 Å². The van der Waals surface area contributed by atoms with E-state index in [0.29, 0.717) is 12.0 Å². The number of carboxylic acids is 1. The topological polar surface area (TPSA) is 40.5 Å². The predicted molar refractivity (Wildman–Crippen MR) is 65.5 cm³/mol. The van der Waals surface area contributed by atoms with Crippen molar-refractivity contribution in [2.24, 2.45) is 5.92 Å². The van der Waals surface area contributed by atoms with Gasteiger partial charge in [-0.1, -0.05) is 13.8 Å². The minimum Gasteiger partial charge on any atom is -0.480 e. The van der Waals surface area contributed by atoms with E-state index < -0.39 is 11.5 Å². The first-order chi connectivity index (χ1) is 7.38. The van der Waals surface area contributed by atoms with E-state index in [2.05, 4.69) is 25.7 Å². The number of likely N-dealkylation sites (tertiary alicyclic amines) is 1. The van der Waals surface area contributed by atoms with Crippen molar-refractivity contribution < 1.29 is 9.90 Å². The molecule has 2 atom stereocenters. The molecule has 94 valence electrons. The highest BCUT2D eigenvalue weighted by atomic mass is 16.4. The lowest BCUT2D eigenvalue weighted by molar-refractivity contribution is -0.149. The SMILES string of the molecule is CC(C)CCC(C)N1CCCC1(C)C(=O)O. The van der Waals surface area contributed by atoms with Crippen LogP contribution in [0.5, 0.6) is 0 Å². The molecule has 0 aromatic rings. The summed E-state index contributed by atoms with van der Waals surface area (Å²) in [5.41, 5.74) is -0.629. The highest BCUT2D eigenvalue weighted by Crippen LogP contribution is 2.32. The monoisotopic (exact) mass is 227 g/mol. The van der Waals surface area contributed by atoms with Gasteiger partial charge >= 0.3 is 5.97 Å². The third kappa shape index (κ3) is 2.76. The Hall–Kier alpha value is -0.570. The largest absolute Gasteiger partial charge is 0.480 e. The van der Waals surface area contributed by atoms with Gasteiger partial charge in [0.15, 0.2) is 0 Å². The number of nitrogens with zero attached hydrogens (tertiary/aromatic N) is 1. The molecule has 0 bridgehead atoms. The van der Waals surface area contributed by atoms with E-state index in [1.54, 1.807) is 0 Å². The second-order valence-electron chi connectivity index (χ2n) is 5.70. The van der Waals surface area contributed by atoms with Crippen LogP contribution in [-0.2, 0) is 4.79 Å². The van der Waals surface area contributed by atoms with Gasteiger partial charge in [0.25, 0.3) is 0 Å². The molecule has 1 heterocycles. The summed E-state index contributed by atoms with van der Waals surface area (Å²) in [7, 11) is 0. The normalized spacial score (nSPS) is 28.6. The Labute approximate surface area is 98.8 Å². The molecule has 0 amide bonds. The maximum atomic E-state index is 11.3. The van der Waals surface area contributed by atoms with Gasteiger partial charge in [-0.15, -0.1) is 0 Å². The smallest absolute Gasteiger partial charge is 0.323 e. The number of rotatable bonds is 5. The first-order valence-electron chi connectivity index (χ1n) is 6.38. The quantitative estimate of drug-likeness (QED) is 0.785.